The molecule has 2 aromatic rings. The van der Waals surface area contributed by atoms with Gasteiger partial charge in [0.15, 0.2) is 0 Å². The average Bonchev–Trinajstić information content (AvgIpc) is 3.09. The number of fused-ring (bicyclic) bond motifs is 2. The Hall–Kier alpha value is -3.66. The minimum Gasteiger partial charge on any atom is -0.324 e. The molecule has 0 spiro atoms. The quantitative estimate of drug-likeness (QED) is 0.620. The molecular formula is C26H26FN5O. The normalized spacial score (nSPS) is 27.5. The molecule has 1 N–H and O–H groups in total. The van der Waals surface area contributed by atoms with Crippen molar-refractivity contribution in [3.05, 3.63) is 78.0 Å². The first-order valence-electron chi connectivity index (χ1n) is 11.0. The zero-order chi connectivity index (χ0) is 23.8. The summed E-state index contributed by atoms with van der Waals surface area (Å²) in [6.45, 7) is 10.4. The van der Waals surface area contributed by atoms with E-state index in [4.69, 9.17) is 5.26 Å². The van der Waals surface area contributed by atoms with Crippen molar-refractivity contribution in [2.45, 2.75) is 33.6 Å². The SMILES string of the molecule is C=C1N=N/C(c2ccccc2F)=C\C(C)[C@H]2CCC1(C(=O)Nc1ccc(C#N)nc1)C2(C)C. The first kappa shape index (κ1) is 22.5. The molecule has 7 heteroatoms. The lowest BCUT2D eigenvalue weighted by Crippen LogP contribution is -2.47. The van der Waals surface area contributed by atoms with E-state index in [1.165, 1.54) is 12.3 Å². The molecule has 0 saturated heterocycles. The van der Waals surface area contributed by atoms with Gasteiger partial charge in [0, 0.05) is 5.56 Å². The van der Waals surface area contributed by atoms with Gasteiger partial charge in [-0.05, 0) is 54.4 Å². The number of azo groups is 1. The zero-order valence-electron chi connectivity index (χ0n) is 19.0. The van der Waals surface area contributed by atoms with E-state index in [0.29, 0.717) is 29.1 Å². The third-order valence-corrected chi connectivity index (χ3v) is 7.36. The van der Waals surface area contributed by atoms with Gasteiger partial charge in [-0.2, -0.15) is 15.5 Å². The van der Waals surface area contributed by atoms with E-state index in [0.717, 1.165) is 6.42 Å². The molecule has 6 nitrogen and oxygen atoms in total. The third-order valence-electron chi connectivity index (χ3n) is 7.36. The summed E-state index contributed by atoms with van der Waals surface area (Å²) < 4.78 is 14.5. The van der Waals surface area contributed by atoms with Gasteiger partial charge < -0.3 is 5.32 Å². The summed E-state index contributed by atoms with van der Waals surface area (Å²) in [5.74, 6) is -0.438. The van der Waals surface area contributed by atoms with E-state index in [9.17, 15) is 9.18 Å². The topological polar surface area (TPSA) is 90.5 Å². The number of halogens is 1. The van der Waals surface area contributed by atoms with E-state index in [-0.39, 0.29) is 29.3 Å². The number of pyridine rings is 1. The highest BCUT2D eigenvalue weighted by molar-refractivity contribution is 5.98. The summed E-state index contributed by atoms with van der Waals surface area (Å²) >= 11 is 0. The summed E-state index contributed by atoms with van der Waals surface area (Å²) in [6, 6.07) is 11.6. The largest absolute Gasteiger partial charge is 0.324 e. The number of amides is 1. The molecule has 2 aliphatic rings. The summed E-state index contributed by atoms with van der Waals surface area (Å²) in [5.41, 5.74) is 0.445. The van der Waals surface area contributed by atoms with Crippen molar-refractivity contribution < 1.29 is 9.18 Å². The molecule has 168 valence electrons. The monoisotopic (exact) mass is 443 g/mol. The van der Waals surface area contributed by atoms with Crippen molar-refractivity contribution in [2.75, 3.05) is 5.32 Å². The number of carbonyl (C=O) groups is 1. The first-order valence-corrected chi connectivity index (χ1v) is 11.0. The van der Waals surface area contributed by atoms with Crippen molar-refractivity contribution in [2.24, 2.45) is 32.9 Å². The molecule has 3 atom stereocenters. The Bertz CT molecular complexity index is 1210. The summed E-state index contributed by atoms with van der Waals surface area (Å²) in [5, 5.41) is 20.7. The number of nitriles is 1. The number of benzene rings is 1. The van der Waals surface area contributed by atoms with Crippen LogP contribution in [-0.4, -0.2) is 10.9 Å². The minimum absolute atomic E-state index is 0.0331. The van der Waals surface area contributed by atoms with Crippen LogP contribution >= 0.6 is 0 Å². The Labute approximate surface area is 193 Å². The standard InChI is InChI=1S/C26H26FN5O/c1-16-13-23(20-7-5-6-8-22(20)27)32-31-17(2)26(12-11-21(16)25(26,3)4)24(33)30-19-10-9-18(14-28)29-15-19/h5-10,13,15-16,21H,2,11-12H2,1,3-4H3,(H,30,33)/b23-13-,32-31?/t16?,21-,26?/m1/s1. The molecule has 1 aromatic heterocycles. The summed E-state index contributed by atoms with van der Waals surface area (Å²) in [6.07, 6.45) is 4.78. The number of hydrogen-bond donors (Lipinski definition) is 1. The van der Waals surface area contributed by atoms with E-state index < -0.39 is 10.8 Å². The molecule has 1 amide bonds. The molecule has 1 aliphatic heterocycles. The highest BCUT2D eigenvalue weighted by atomic mass is 19.1. The number of allylic oxidation sites excluding steroid dienone is 1. The van der Waals surface area contributed by atoms with Crippen LogP contribution in [0.5, 0.6) is 0 Å². The Morgan fingerprint density at radius 3 is 2.67 bits per heavy atom. The van der Waals surface area contributed by atoms with E-state index >= 15 is 0 Å². The van der Waals surface area contributed by atoms with Crippen LogP contribution in [-0.2, 0) is 4.79 Å². The number of hydrogen-bond acceptors (Lipinski definition) is 5. The van der Waals surface area contributed by atoms with Crippen molar-refractivity contribution in [3.63, 3.8) is 0 Å². The Morgan fingerprint density at radius 1 is 1.24 bits per heavy atom. The highest BCUT2D eigenvalue weighted by Crippen LogP contribution is 2.62. The highest BCUT2D eigenvalue weighted by Gasteiger charge is 2.61. The molecule has 2 unspecified atom stereocenters. The lowest BCUT2D eigenvalue weighted by atomic mass is 9.60. The van der Waals surface area contributed by atoms with Crippen LogP contribution in [0.2, 0.25) is 0 Å². The van der Waals surface area contributed by atoms with Crippen LogP contribution in [0.3, 0.4) is 0 Å². The second-order valence-electron chi connectivity index (χ2n) is 9.31. The van der Waals surface area contributed by atoms with Gasteiger partial charge in [0.1, 0.15) is 17.6 Å². The maximum absolute atomic E-state index is 14.5. The Balaban J connectivity index is 1.75. The van der Waals surface area contributed by atoms with Crippen molar-refractivity contribution >= 4 is 17.3 Å². The van der Waals surface area contributed by atoms with Gasteiger partial charge in [0.05, 0.1) is 28.7 Å². The van der Waals surface area contributed by atoms with Crippen molar-refractivity contribution in [3.8, 4) is 6.07 Å². The van der Waals surface area contributed by atoms with Crippen LogP contribution in [0.25, 0.3) is 5.70 Å². The van der Waals surface area contributed by atoms with Crippen LogP contribution in [0.4, 0.5) is 10.1 Å². The van der Waals surface area contributed by atoms with Gasteiger partial charge in [-0.3, -0.25) is 4.79 Å². The van der Waals surface area contributed by atoms with Crippen molar-refractivity contribution in [1.82, 2.24) is 4.98 Å². The summed E-state index contributed by atoms with van der Waals surface area (Å²) in [4.78, 5) is 17.8. The number of nitrogens with zero attached hydrogens (tertiary/aromatic N) is 4. The second-order valence-corrected chi connectivity index (χ2v) is 9.31. The molecule has 1 aliphatic carbocycles. The molecule has 4 rings (SSSR count). The molecular weight excluding hydrogens is 417 g/mol. The van der Waals surface area contributed by atoms with E-state index in [1.54, 1.807) is 30.3 Å². The lowest BCUT2D eigenvalue weighted by molar-refractivity contribution is -0.129. The number of rotatable bonds is 3. The minimum atomic E-state index is -0.998. The van der Waals surface area contributed by atoms with Gasteiger partial charge in [-0.1, -0.05) is 45.6 Å². The fourth-order valence-electron chi connectivity index (χ4n) is 5.53. The number of carbonyl (C=O) groups excluding carboxylic acids is 1. The van der Waals surface area contributed by atoms with Crippen LogP contribution < -0.4 is 5.32 Å². The zero-order valence-corrected chi connectivity index (χ0v) is 19.0. The van der Waals surface area contributed by atoms with E-state index in [1.807, 2.05) is 12.1 Å². The predicted octanol–water partition coefficient (Wildman–Crippen LogP) is 6.11. The number of aromatic nitrogens is 1. The van der Waals surface area contributed by atoms with Crippen molar-refractivity contribution in [1.29, 1.82) is 5.26 Å². The van der Waals surface area contributed by atoms with Gasteiger partial charge >= 0.3 is 0 Å². The maximum Gasteiger partial charge on any atom is 0.237 e. The molecule has 2 heterocycles. The molecule has 1 saturated carbocycles. The lowest BCUT2D eigenvalue weighted by Gasteiger charge is -2.43. The van der Waals surface area contributed by atoms with Crippen LogP contribution in [0, 0.1) is 39.8 Å². The van der Waals surface area contributed by atoms with Gasteiger partial charge in [-0.15, -0.1) is 0 Å². The molecule has 1 aromatic carbocycles. The fourth-order valence-corrected chi connectivity index (χ4v) is 5.53. The predicted molar refractivity (Wildman–Crippen MR) is 124 cm³/mol. The second kappa shape index (κ2) is 8.36. The number of nitrogens with one attached hydrogen (secondary N) is 1. The molecule has 0 radical (unpaired) electrons. The Morgan fingerprint density at radius 2 is 2.00 bits per heavy atom. The fraction of sp³-hybridized carbons (Fsp3) is 0.346. The summed E-state index contributed by atoms with van der Waals surface area (Å²) in [7, 11) is 0. The third kappa shape index (κ3) is 3.66. The smallest absolute Gasteiger partial charge is 0.237 e. The average molecular weight is 444 g/mol. The Kier molecular flexibility index (Phi) is 5.71. The first-order chi connectivity index (χ1) is 15.7. The van der Waals surface area contributed by atoms with E-state index in [2.05, 4.69) is 47.9 Å². The van der Waals surface area contributed by atoms with Gasteiger partial charge in [0.2, 0.25) is 5.91 Å². The van der Waals surface area contributed by atoms with Gasteiger partial charge in [-0.25, -0.2) is 9.37 Å². The number of anilines is 1. The maximum atomic E-state index is 14.5. The van der Waals surface area contributed by atoms with Crippen LogP contribution in [0.1, 0.15) is 44.9 Å². The van der Waals surface area contributed by atoms with Gasteiger partial charge in [0.25, 0.3) is 0 Å². The molecule has 2 bridgehead atoms. The van der Waals surface area contributed by atoms with Crippen LogP contribution in [0.15, 0.2) is 71.2 Å². The molecule has 33 heavy (non-hydrogen) atoms. The molecule has 1 fully saturated rings.